The fraction of sp³-hybridized carbons (Fsp3) is 0.615. The molecule has 2 atom stereocenters. The number of carbonyl (C=O) groups is 2. The molecule has 0 aliphatic carbocycles. The van der Waals surface area contributed by atoms with E-state index in [1.807, 2.05) is 13.8 Å². The van der Waals surface area contributed by atoms with Crippen LogP contribution in [0, 0.1) is 5.92 Å². The van der Waals surface area contributed by atoms with E-state index in [2.05, 4.69) is 5.16 Å². The van der Waals surface area contributed by atoms with Crippen molar-refractivity contribution in [1.29, 1.82) is 0 Å². The molecule has 0 saturated carbocycles. The average Bonchev–Trinajstić information content (AvgIpc) is 3.04. The zero-order valence-electron chi connectivity index (χ0n) is 12.1. The van der Waals surface area contributed by atoms with Gasteiger partial charge in [0.15, 0.2) is 11.5 Å². The Morgan fingerprint density at radius 3 is 2.90 bits per heavy atom. The Morgan fingerprint density at radius 2 is 2.33 bits per heavy atom. The predicted octanol–water partition coefficient (Wildman–Crippen LogP) is 1.45. The second-order valence-electron chi connectivity index (χ2n) is 5.15. The summed E-state index contributed by atoms with van der Waals surface area (Å²) in [6.45, 7) is 4.13. The molecule has 7 nitrogen and oxygen atoms in total. The minimum absolute atomic E-state index is 0.112. The van der Waals surface area contributed by atoms with Crippen LogP contribution in [0.5, 0.6) is 0 Å². The van der Waals surface area contributed by atoms with Crippen molar-refractivity contribution in [1.82, 2.24) is 10.1 Å². The van der Waals surface area contributed by atoms with Gasteiger partial charge in [0.05, 0.1) is 5.37 Å². The first kappa shape index (κ1) is 15.8. The van der Waals surface area contributed by atoms with E-state index in [4.69, 9.17) is 9.26 Å². The summed E-state index contributed by atoms with van der Waals surface area (Å²) in [5.74, 6) is -0.460. The summed E-state index contributed by atoms with van der Waals surface area (Å²) < 4.78 is 9.91. The predicted molar refractivity (Wildman–Crippen MR) is 75.9 cm³/mol. The number of ether oxygens (including phenoxy) is 1. The molecule has 1 saturated heterocycles. The van der Waals surface area contributed by atoms with Crippen molar-refractivity contribution in [2.45, 2.75) is 31.9 Å². The van der Waals surface area contributed by atoms with Gasteiger partial charge in [-0.1, -0.05) is 19.0 Å². The third kappa shape index (κ3) is 3.21. The molecule has 1 aliphatic rings. The monoisotopic (exact) mass is 314 g/mol. The van der Waals surface area contributed by atoms with Crippen LogP contribution in [-0.2, 0) is 16.1 Å². The van der Waals surface area contributed by atoms with Gasteiger partial charge in [0.2, 0.25) is 0 Å². The summed E-state index contributed by atoms with van der Waals surface area (Å²) in [6.07, 6.45) is 0. The molecule has 1 amide bonds. The largest absolute Gasteiger partial charge is 0.480 e. The van der Waals surface area contributed by atoms with Gasteiger partial charge in [-0.25, -0.2) is 4.79 Å². The number of hydrogen-bond acceptors (Lipinski definition) is 6. The standard InChI is InChI=1S/C13H18N2O5S/c1-7(2)12-15(10(6-21-12)13(17)18)11(16)9-4-8(5-19-3)20-14-9/h4,7,10,12H,5-6H2,1-3H3,(H,17,18). The highest BCUT2D eigenvalue weighted by molar-refractivity contribution is 8.00. The topological polar surface area (TPSA) is 92.9 Å². The van der Waals surface area contributed by atoms with E-state index >= 15 is 0 Å². The highest BCUT2D eigenvalue weighted by Gasteiger charge is 2.43. The molecule has 2 unspecified atom stereocenters. The molecule has 2 heterocycles. The van der Waals surface area contributed by atoms with E-state index in [0.29, 0.717) is 11.5 Å². The van der Waals surface area contributed by atoms with Gasteiger partial charge in [-0.3, -0.25) is 4.79 Å². The maximum atomic E-state index is 12.6. The van der Waals surface area contributed by atoms with Gasteiger partial charge in [-0.05, 0) is 5.92 Å². The minimum atomic E-state index is -1.00. The molecule has 1 aliphatic heterocycles. The van der Waals surface area contributed by atoms with Gasteiger partial charge in [-0.2, -0.15) is 0 Å². The maximum Gasteiger partial charge on any atom is 0.327 e. The fourth-order valence-electron chi connectivity index (χ4n) is 2.25. The molecule has 1 fully saturated rings. The number of aliphatic carboxylic acids is 1. The minimum Gasteiger partial charge on any atom is -0.480 e. The van der Waals surface area contributed by atoms with E-state index in [1.165, 1.54) is 29.8 Å². The van der Waals surface area contributed by atoms with Gasteiger partial charge in [0, 0.05) is 18.9 Å². The highest BCUT2D eigenvalue weighted by atomic mass is 32.2. The number of thioether (sulfide) groups is 1. The molecular formula is C13H18N2O5S. The Kier molecular flexibility index (Phi) is 4.89. The van der Waals surface area contributed by atoms with E-state index in [9.17, 15) is 14.7 Å². The van der Waals surface area contributed by atoms with E-state index in [-0.39, 0.29) is 23.6 Å². The summed E-state index contributed by atoms with van der Waals surface area (Å²) in [7, 11) is 1.51. The fourth-order valence-corrected chi connectivity index (χ4v) is 3.72. The number of carboxylic acid groups (broad SMARTS) is 1. The van der Waals surface area contributed by atoms with Crippen molar-refractivity contribution in [3.63, 3.8) is 0 Å². The van der Waals surface area contributed by atoms with Crippen molar-refractivity contribution in [2.75, 3.05) is 12.9 Å². The van der Waals surface area contributed by atoms with Crippen molar-refractivity contribution < 1.29 is 24.0 Å². The Balaban J connectivity index is 2.25. The number of rotatable bonds is 5. The molecule has 0 aromatic carbocycles. The first-order valence-corrected chi connectivity index (χ1v) is 7.62. The third-order valence-electron chi connectivity index (χ3n) is 3.19. The number of methoxy groups -OCH3 is 1. The number of hydrogen-bond donors (Lipinski definition) is 1. The van der Waals surface area contributed by atoms with Crippen LogP contribution >= 0.6 is 11.8 Å². The molecule has 0 spiro atoms. The average molecular weight is 314 g/mol. The van der Waals surface area contributed by atoms with Crippen molar-refractivity contribution in [3.8, 4) is 0 Å². The zero-order valence-corrected chi connectivity index (χ0v) is 12.9. The summed E-state index contributed by atoms with van der Waals surface area (Å²) >= 11 is 1.48. The molecule has 1 aromatic heterocycles. The van der Waals surface area contributed by atoms with Gasteiger partial charge in [0.1, 0.15) is 12.6 Å². The normalized spacial score (nSPS) is 22.0. The quantitative estimate of drug-likeness (QED) is 0.879. The lowest BCUT2D eigenvalue weighted by molar-refractivity contribution is -0.141. The molecule has 2 rings (SSSR count). The second kappa shape index (κ2) is 6.48. The van der Waals surface area contributed by atoms with Crippen LogP contribution in [0.25, 0.3) is 0 Å². The van der Waals surface area contributed by atoms with Crippen molar-refractivity contribution >= 4 is 23.6 Å². The van der Waals surface area contributed by atoms with Crippen LogP contribution in [0.1, 0.15) is 30.1 Å². The Labute approximate surface area is 126 Å². The third-order valence-corrected chi connectivity index (χ3v) is 4.81. The van der Waals surface area contributed by atoms with Crippen molar-refractivity contribution in [3.05, 3.63) is 17.5 Å². The first-order chi connectivity index (χ1) is 9.95. The molecule has 8 heteroatoms. The van der Waals surface area contributed by atoms with Crippen LogP contribution in [0.4, 0.5) is 0 Å². The molecule has 0 bridgehead atoms. The summed E-state index contributed by atoms with van der Waals surface area (Å²) in [4.78, 5) is 25.3. The number of carbonyl (C=O) groups excluding carboxylic acids is 1. The van der Waals surface area contributed by atoms with Gasteiger partial charge in [-0.15, -0.1) is 11.8 Å². The second-order valence-corrected chi connectivity index (χ2v) is 6.30. The van der Waals surface area contributed by atoms with E-state index in [1.54, 1.807) is 0 Å². The number of nitrogens with zero attached hydrogens (tertiary/aromatic N) is 2. The number of amides is 1. The van der Waals surface area contributed by atoms with Gasteiger partial charge in [0.25, 0.3) is 5.91 Å². The molecule has 21 heavy (non-hydrogen) atoms. The zero-order chi connectivity index (χ0) is 15.6. The Hall–Kier alpha value is -1.54. The lowest BCUT2D eigenvalue weighted by Crippen LogP contribution is -2.47. The smallest absolute Gasteiger partial charge is 0.327 e. The van der Waals surface area contributed by atoms with Crippen LogP contribution in [0.3, 0.4) is 0 Å². The van der Waals surface area contributed by atoms with Crippen LogP contribution in [0.2, 0.25) is 0 Å². The lowest BCUT2D eigenvalue weighted by Gasteiger charge is -2.28. The lowest BCUT2D eigenvalue weighted by atomic mass is 10.1. The van der Waals surface area contributed by atoms with E-state index in [0.717, 1.165) is 0 Å². The summed E-state index contributed by atoms with van der Waals surface area (Å²) in [6, 6.07) is 0.656. The number of carboxylic acids is 1. The molecule has 1 N–H and O–H groups in total. The molecular weight excluding hydrogens is 296 g/mol. The first-order valence-electron chi connectivity index (χ1n) is 6.57. The molecule has 1 aromatic rings. The molecule has 0 radical (unpaired) electrons. The van der Waals surface area contributed by atoms with Crippen LogP contribution < -0.4 is 0 Å². The molecule has 116 valence electrons. The van der Waals surface area contributed by atoms with Crippen molar-refractivity contribution in [2.24, 2.45) is 5.92 Å². The maximum absolute atomic E-state index is 12.6. The van der Waals surface area contributed by atoms with Gasteiger partial charge < -0.3 is 19.3 Å². The van der Waals surface area contributed by atoms with Crippen LogP contribution in [-0.4, -0.2) is 51.3 Å². The van der Waals surface area contributed by atoms with Crippen LogP contribution in [0.15, 0.2) is 10.6 Å². The van der Waals surface area contributed by atoms with Gasteiger partial charge >= 0.3 is 5.97 Å². The summed E-state index contributed by atoms with van der Waals surface area (Å²) in [5, 5.41) is 12.8. The summed E-state index contributed by atoms with van der Waals surface area (Å²) in [5.41, 5.74) is 0.112. The van der Waals surface area contributed by atoms with E-state index < -0.39 is 17.9 Å². The highest BCUT2D eigenvalue weighted by Crippen LogP contribution is 2.35. The Morgan fingerprint density at radius 1 is 1.62 bits per heavy atom. The Bertz CT molecular complexity index is 530. The SMILES string of the molecule is COCc1cc(C(=O)N2C(C(=O)O)CSC2C(C)C)no1. The number of aromatic nitrogens is 1.